The minimum Gasteiger partial charge on any atom is -0.261 e. The lowest BCUT2D eigenvalue weighted by atomic mass is 9.79. The topological polar surface area (TPSA) is 36.7 Å². The van der Waals surface area contributed by atoms with Crippen molar-refractivity contribution >= 4 is 5.57 Å². The van der Waals surface area contributed by atoms with Crippen LogP contribution >= 0.6 is 0 Å². The first-order valence-electron chi connectivity index (χ1n) is 7.57. The summed E-state index contributed by atoms with van der Waals surface area (Å²) in [5.41, 5.74) is 5.71. The van der Waals surface area contributed by atoms with Crippen LogP contribution in [0, 0.1) is 37.0 Å². The molecule has 1 aromatic heterocycles. The quantitative estimate of drug-likeness (QED) is 0.547. The third-order valence-corrected chi connectivity index (χ3v) is 3.95. The van der Waals surface area contributed by atoms with Crippen molar-refractivity contribution in [2.75, 3.05) is 0 Å². The zero-order chi connectivity index (χ0) is 16.2. The molecule has 0 aliphatic rings. The Morgan fingerprint density at radius 3 is 2.43 bits per heavy atom. The molecule has 0 radical (unpaired) electrons. The van der Waals surface area contributed by atoms with Crippen LogP contribution in [0.5, 0.6) is 0 Å². The lowest BCUT2D eigenvalue weighted by Gasteiger charge is -2.25. The molecule has 1 aromatic rings. The minimum atomic E-state index is 0.345. The highest BCUT2D eigenvalue weighted by Crippen LogP contribution is 2.35. The molecule has 0 saturated heterocycles. The molecule has 0 N–H and O–H groups in total. The molecule has 0 aromatic carbocycles. The van der Waals surface area contributed by atoms with Crippen molar-refractivity contribution in [3.63, 3.8) is 0 Å². The second-order valence-corrected chi connectivity index (χ2v) is 6.09. The standard InChI is InChI=1S/C19H26N2/c1-8-16(12(2)3)19(13(4)5)18(10-20)17-9-14(6)11-21-15(17)7/h9,11-12,16H,4,8H2,1-3,5-7H3. The third kappa shape index (κ3) is 3.82. The first kappa shape index (κ1) is 17.2. The van der Waals surface area contributed by atoms with Crippen molar-refractivity contribution in [3.05, 3.63) is 46.8 Å². The van der Waals surface area contributed by atoms with E-state index in [9.17, 15) is 5.26 Å². The fourth-order valence-corrected chi connectivity index (χ4v) is 2.88. The van der Waals surface area contributed by atoms with E-state index in [2.05, 4.69) is 44.5 Å². The number of hydrogen-bond acceptors (Lipinski definition) is 2. The molecular formula is C19H26N2. The minimum absolute atomic E-state index is 0.345. The molecule has 0 amide bonds. The van der Waals surface area contributed by atoms with Crippen molar-refractivity contribution in [3.8, 4) is 6.07 Å². The Balaban J connectivity index is 3.65. The van der Waals surface area contributed by atoms with Gasteiger partial charge in [0.2, 0.25) is 0 Å². The van der Waals surface area contributed by atoms with Crippen LogP contribution in [0.15, 0.2) is 30.0 Å². The molecular weight excluding hydrogens is 256 g/mol. The maximum absolute atomic E-state index is 9.76. The molecule has 0 fully saturated rings. The molecule has 1 rings (SSSR count). The molecule has 21 heavy (non-hydrogen) atoms. The average molecular weight is 282 g/mol. The number of pyridine rings is 1. The highest BCUT2D eigenvalue weighted by molar-refractivity contribution is 5.83. The highest BCUT2D eigenvalue weighted by Gasteiger charge is 2.22. The summed E-state index contributed by atoms with van der Waals surface area (Å²) in [6.07, 6.45) is 2.84. The van der Waals surface area contributed by atoms with Gasteiger partial charge < -0.3 is 0 Å². The Morgan fingerprint density at radius 2 is 2.00 bits per heavy atom. The molecule has 2 heteroatoms. The van der Waals surface area contributed by atoms with Crippen LogP contribution in [0.25, 0.3) is 5.57 Å². The van der Waals surface area contributed by atoms with E-state index in [0.717, 1.165) is 40.0 Å². The average Bonchev–Trinajstić information content (AvgIpc) is 2.41. The van der Waals surface area contributed by atoms with Gasteiger partial charge in [-0.05, 0) is 56.2 Å². The Kier molecular flexibility index (Phi) is 5.90. The second kappa shape index (κ2) is 7.22. The Bertz CT molecular complexity index is 600. The van der Waals surface area contributed by atoms with E-state index in [1.165, 1.54) is 0 Å². The summed E-state index contributed by atoms with van der Waals surface area (Å²) in [5.74, 6) is 0.820. The molecule has 1 unspecified atom stereocenters. The Labute approximate surface area is 129 Å². The molecule has 0 bridgehead atoms. The molecule has 1 heterocycles. The van der Waals surface area contributed by atoms with Gasteiger partial charge in [-0.25, -0.2) is 0 Å². The van der Waals surface area contributed by atoms with Crippen molar-refractivity contribution in [2.45, 2.75) is 48.0 Å². The monoisotopic (exact) mass is 282 g/mol. The molecule has 0 aliphatic carbocycles. The van der Waals surface area contributed by atoms with Crippen LogP contribution in [0.2, 0.25) is 0 Å². The lowest BCUT2D eigenvalue weighted by molar-refractivity contribution is 0.436. The predicted octanol–water partition coefficient (Wildman–Crippen LogP) is 5.23. The van der Waals surface area contributed by atoms with Crippen molar-refractivity contribution in [1.29, 1.82) is 5.26 Å². The fraction of sp³-hybridized carbons (Fsp3) is 0.474. The van der Waals surface area contributed by atoms with Crippen LogP contribution in [0.4, 0.5) is 0 Å². The summed E-state index contributed by atoms with van der Waals surface area (Å²) in [7, 11) is 0. The van der Waals surface area contributed by atoms with E-state index in [-0.39, 0.29) is 0 Å². The SMILES string of the molecule is C=C(C)C(=C(C#N)c1cc(C)cnc1C)C(CC)C(C)C. The molecule has 0 saturated carbocycles. The van der Waals surface area contributed by atoms with Gasteiger partial charge in [0.1, 0.15) is 6.07 Å². The first-order valence-corrected chi connectivity index (χ1v) is 7.57. The van der Waals surface area contributed by atoms with Crippen molar-refractivity contribution in [1.82, 2.24) is 4.98 Å². The van der Waals surface area contributed by atoms with Gasteiger partial charge in [-0.3, -0.25) is 4.98 Å². The summed E-state index contributed by atoms with van der Waals surface area (Å²) in [6, 6.07) is 4.47. The van der Waals surface area contributed by atoms with Gasteiger partial charge >= 0.3 is 0 Å². The largest absolute Gasteiger partial charge is 0.261 e. The van der Waals surface area contributed by atoms with Gasteiger partial charge in [-0.2, -0.15) is 5.26 Å². The number of rotatable bonds is 5. The van der Waals surface area contributed by atoms with Gasteiger partial charge in [0.25, 0.3) is 0 Å². The number of nitrogens with zero attached hydrogens (tertiary/aromatic N) is 2. The number of aromatic nitrogens is 1. The number of nitriles is 1. The molecule has 0 aliphatic heterocycles. The number of allylic oxidation sites excluding steroid dienone is 3. The summed E-state index contributed by atoms with van der Waals surface area (Å²) in [4.78, 5) is 4.40. The van der Waals surface area contributed by atoms with Crippen LogP contribution < -0.4 is 0 Å². The van der Waals surface area contributed by atoms with E-state index in [0.29, 0.717) is 11.8 Å². The number of hydrogen-bond donors (Lipinski definition) is 0. The summed E-state index contributed by atoms with van der Waals surface area (Å²) in [6.45, 7) is 16.7. The first-order chi connectivity index (χ1) is 9.83. The molecule has 0 spiro atoms. The smallest absolute Gasteiger partial charge is 0.100 e. The summed E-state index contributed by atoms with van der Waals surface area (Å²) >= 11 is 0. The summed E-state index contributed by atoms with van der Waals surface area (Å²) < 4.78 is 0. The van der Waals surface area contributed by atoms with Gasteiger partial charge in [-0.1, -0.05) is 32.9 Å². The zero-order valence-corrected chi connectivity index (χ0v) is 14.1. The highest BCUT2D eigenvalue weighted by atomic mass is 14.7. The van der Waals surface area contributed by atoms with E-state index in [4.69, 9.17) is 0 Å². The Hall–Kier alpha value is -1.88. The molecule has 2 nitrogen and oxygen atoms in total. The maximum atomic E-state index is 9.76. The van der Waals surface area contributed by atoms with E-state index >= 15 is 0 Å². The van der Waals surface area contributed by atoms with E-state index in [1.807, 2.05) is 27.0 Å². The number of aryl methyl sites for hydroxylation is 2. The maximum Gasteiger partial charge on any atom is 0.100 e. The van der Waals surface area contributed by atoms with Crippen LogP contribution in [-0.4, -0.2) is 4.98 Å². The van der Waals surface area contributed by atoms with Gasteiger partial charge in [0.05, 0.1) is 5.57 Å². The lowest BCUT2D eigenvalue weighted by Crippen LogP contribution is -2.13. The van der Waals surface area contributed by atoms with Crippen molar-refractivity contribution in [2.24, 2.45) is 11.8 Å². The third-order valence-electron chi connectivity index (χ3n) is 3.95. The molecule has 1 atom stereocenters. The molecule has 112 valence electrons. The van der Waals surface area contributed by atoms with E-state index < -0.39 is 0 Å². The van der Waals surface area contributed by atoms with Gasteiger partial charge in [0.15, 0.2) is 0 Å². The fourth-order valence-electron chi connectivity index (χ4n) is 2.88. The summed E-state index contributed by atoms with van der Waals surface area (Å²) in [5, 5.41) is 9.76. The van der Waals surface area contributed by atoms with Gasteiger partial charge in [-0.15, -0.1) is 0 Å². The van der Waals surface area contributed by atoms with E-state index in [1.54, 1.807) is 0 Å². The van der Waals surface area contributed by atoms with Gasteiger partial charge in [0, 0.05) is 17.5 Å². The predicted molar refractivity (Wildman–Crippen MR) is 89.7 cm³/mol. The van der Waals surface area contributed by atoms with Crippen LogP contribution in [-0.2, 0) is 0 Å². The van der Waals surface area contributed by atoms with Crippen LogP contribution in [0.1, 0.15) is 50.9 Å². The second-order valence-electron chi connectivity index (χ2n) is 6.09. The Morgan fingerprint density at radius 1 is 1.38 bits per heavy atom. The van der Waals surface area contributed by atoms with Crippen LogP contribution in [0.3, 0.4) is 0 Å². The normalized spacial score (nSPS) is 13.6. The zero-order valence-electron chi connectivity index (χ0n) is 14.1. The van der Waals surface area contributed by atoms with Crippen molar-refractivity contribution < 1.29 is 0 Å².